The van der Waals surface area contributed by atoms with Gasteiger partial charge in [-0.2, -0.15) is 5.26 Å². The number of halogens is 1. The van der Waals surface area contributed by atoms with Gasteiger partial charge in [0.25, 0.3) is 5.91 Å². The first kappa shape index (κ1) is 19.6. The zero-order valence-electron chi connectivity index (χ0n) is 14.5. The first-order valence-electron chi connectivity index (χ1n) is 8.02. The minimum absolute atomic E-state index is 0.216. The van der Waals surface area contributed by atoms with Gasteiger partial charge < -0.3 is 19.1 Å². The van der Waals surface area contributed by atoms with Crippen molar-refractivity contribution < 1.29 is 23.8 Å². The standard InChI is InChI=1S/C18H19ClN2O5/c1-12(18(23)21(2)7-3-6-20)26-16(22)5-4-13-10-14(19)17-15(11-13)24-8-9-25-17/h4-5,10-12H,3,7-9H2,1-2H3/b5-4+/t12-/m0/s1. The fraction of sp³-hybridized carbons (Fsp3) is 0.389. The van der Waals surface area contributed by atoms with Crippen molar-refractivity contribution in [1.82, 2.24) is 4.90 Å². The molecule has 0 bridgehead atoms. The molecule has 0 radical (unpaired) electrons. The third-order valence-corrected chi connectivity index (χ3v) is 3.89. The second-order valence-electron chi connectivity index (χ2n) is 5.61. The Labute approximate surface area is 156 Å². The topological polar surface area (TPSA) is 88.9 Å². The van der Waals surface area contributed by atoms with Gasteiger partial charge in [0.2, 0.25) is 0 Å². The molecule has 1 heterocycles. The van der Waals surface area contributed by atoms with Crippen molar-refractivity contribution in [1.29, 1.82) is 5.26 Å². The van der Waals surface area contributed by atoms with Gasteiger partial charge in [-0.25, -0.2) is 4.79 Å². The van der Waals surface area contributed by atoms with Gasteiger partial charge in [-0.3, -0.25) is 4.79 Å². The average molecular weight is 379 g/mol. The molecular weight excluding hydrogens is 360 g/mol. The molecule has 1 atom stereocenters. The number of hydrogen-bond donors (Lipinski definition) is 0. The first-order valence-corrected chi connectivity index (χ1v) is 8.40. The second kappa shape index (κ2) is 9.11. The lowest BCUT2D eigenvalue weighted by molar-refractivity contribution is -0.154. The molecule has 2 rings (SSSR count). The van der Waals surface area contributed by atoms with Gasteiger partial charge in [-0.1, -0.05) is 11.6 Å². The summed E-state index contributed by atoms with van der Waals surface area (Å²) in [6, 6.07) is 5.30. The number of nitrogens with zero attached hydrogens (tertiary/aromatic N) is 2. The highest BCUT2D eigenvalue weighted by molar-refractivity contribution is 6.32. The van der Waals surface area contributed by atoms with Crippen LogP contribution in [0.4, 0.5) is 0 Å². The van der Waals surface area contributed by atoms with Crippen molar-refractivity contribution in [2.75, 3.05) is 26.8 Å². The molecule has 0 spiro atoms. The third-order valence-electron chi connectivity index (χ3n) is 3.61. The monoisotopic (exact) mass is 378 g/mol. The maximum atomic E-state index is 12.0. The molecule has 26 heavy (non-hydrogen) atoms. The summed E-state index contributed by atoms with van der Waals surface area (Å²) in [5.74, 6) is -0.0355. The number of carbonyl (C=O) groups is 2. The van der Waals surface area contributed by atoms with E-state index in [0.717, 1.165) is 0 Å². The summed E-state index contributed by atoms with van der Waals surface area (Å²) < 4.78 is 16.0. The average Bonchev–Trinajstić information content (AvgIpc) is 2.63. The molecule has 0 fully saturated rings. The fourth-order valence-corrected chi connectivity index (χ4v) is 2.57. The van der Waals surface area contributed by atoms with E-state index in [1.807, 2.05) is 6.07 Å². The molecule has 0 aliphatic carbocycles. The number of likely N-dealkylation sites (N-methyl/N-ethyl adjacent to an activating group) is 1. The van der Waals surface area contributed by atoms with Crippen molar-refractivity contribution in [2.24, 2.45) is 0 Å². The van der Waals surface area contributed by atoms with Gasteiger partial charge in [-0.05, 0) is 30.7 Å². The van der Waals surface area contributed by atoms with Gasteiger partial charge in [0.1, 0.15) is 13.2 Å². The number of carbonyl (C=O) groups excluding carboxylic acids is 2. The molecule has 0 saturated heterocycles. The van der Waals surface area contributed by atoms with E-state index < -0.39 is 12.1 Å². The maximum absolute atomic E-state index is 12.0. The number of nitriles is 1. The highest BCUT2D eigenvalue weighted by atomic mass is 35.5. The van der Waals surface area contributed by atoms with Crippen LogP contribution < -0.4 is 9.47 Å². The van der Waals surface area contributed by atoms with Crippen molar-refractivity contribution in [3.63, 3.8) is 0 Å². The summed E-state index contributed by atoms with van der Waals surface area (Å²) in [6.07, 6.45) is 2.00. The number of rotatable bonds is 6. The molecule has 1 amide bonds. The Bertz CT molecular complexity index is 757. The Hall–Kier alpha value is -2.72. The van der Waals surface area contributed by atoms with E-state index in [0.29, 0.717) is 35.3 Å². The van der Waals surface area contributed by atoms with E-state index in [2.05, 4.69) is 0 Å². The molecule has 1 aromatic rings. The van der Waals surface area contributed by atoms with Crippen molar-refractivity contribution in [3.05, 3.63) is 28.8 Å². The van der Waals surface area contributed by atoms with Crippen LogP contribution in [0.1, 0.15) is 18.9 Å². The van der Waals surface area contributed by atoms with E-state index in [4.69, 9.17) is 31.1 Å². The van der Waals surface area contributed by atoms with Crippen molar-refractivity contribution in [2.45, 2.75) is 19.4 Å². The molecule has 7 nitrogen and oxygen atoms in total. The second-order valence-corrected chi connectivity index (χ2v) is 6.01. The highest BCUT2D eigenvalue weighted by Crippen LogP contribution is 2.38. The van der Waals surface area contributed by atoms with E-state index >= 15 is 0 Å². The van der Waals surface area contributed by atoms with Crippen molar-refractivity contribution in [3.8, 4) is 17.6 Å². The number of ether oxygens (including phenoxy) is 3. The third kappa shape index (κ3) is 5.14. The van der Waals surface area contributed by atoms with Gasteiger partial charge in [0.05, 0.1) is 17.5 Å². The Kier molecular flexibility index (Phi) is 6.87. The van der Waals surface area contributed by atoms with E-state index in [-0.39, 0.29) is 18.9 Å². The normalized spacial score (nSPS) is 13.8. The van der Waals surface area contributed by atoms with Crippen LogP contribution in [-0.2, 0) is 14.3 Å². The Morgan fingerprint density at radius 1 is 1.42 bits per heavy atom. The number of hydrogen-bond acceptors (Lipinski definition) is 6. The molecule has 1 aliphatic heterocycles. The van der Waals surface area contributed by atoms with E-state index in [9.17, 15) is 9.59 Å². The summed E-state index contributed by atoms with van der Waals surface area (Å²) in [4.78, 5) is 25.3. The van der Waals surface area contributed by atoms with Gasteiger partial charge >= 0.3 is 5.97 Å². The number of fused-ring (bicyclic) bond motifs is 1. The minimum atomic E-state index is -0.945. The number of esters is 1. The molecule has 1 aromatic carbocycles. The lowest BCUT2D eigenvalue weighted by Gasteiger charge is -2.20. The lowest BCUT2D eigenvalue weighted by atomic mass is 10.2. The Balaban J connectivity index is 1.96. The molecule has 1 aliphatic rings. The molecule has 0 aromatic heterocycles. The quantitative estimate of drug-likeness (QED) is 0.558. The zero-order chi connectivity index (χ0) is 19.1. The van der Waals surface area contributed by atoms with Gasteiger partial charge in [-0.15, -0.1) is 0 Å². The maximum Gasteiger partial charge on any atom is 0.331 e. The van der Waals surface area contributed by atoms with Crippen LogP contribution in [0.15, 0.2) is 18.2 Å². The molecule has 0 unspecified atom stereocenters. The van der Waals surface area contributed by atoms with Crippen LogP contribution in [0, 0.1) is 11.3 Å². The van der Waals surface area contributed by atoms with Crippen LogP contribution in [0.5, 0.6) is 11.5 Å². The fourth-order valence-electron chi connectivity index (χ4n) is 2.29. The summed E-state index contributed by atoms with van der Waals surface area (Å²) in [6.45, 7) is 2.63. The summed E-state index contributed by atoms with van der Waals surface area (Å²) in [7, 11) is 1.55. The number of amides is 1. The largest absolute Gasteiger partial charge is 0.486 e. The van der Waals surface area contributed by atoms with Crippen LogP contribution in [0.3, 0.4) is 0 Å². The summed E-state index contributed by atoms with van der Waals surface area (Å²) in [5.41, 5.74) is 0.640. The van der Waals surface area contributed by atoms with Crippen LogP contribution in [0.2, 0.25) is 5.02 Å². The predicted molar refractivity (Wildman–Crippen MR) is 94.9 cm³/mol. The Morgan fingerprint density at radius 3 is 2.88 bits per heavy atom. The molecule has 8 heteroatoms. The summed E-state index contributed by atoms with van der Waals surface area (Å²) >= 11 is 6.14. The number of benzene rings is 1. The van der Waals surface area contributed by atoms with Crippen LogP contribution >= 0.6 is 11.6 Å². The van der Waals surface area contributed by atoms with E-state index in [1.165, 1.54) is 24.0 Å². The van der Waals surface area contributed by atoms with Gasteiger partial charge in [0.15, 0.2) is 17.6 Å². The van der Waals surface area contributed by atoms with E-state index in [1.54, 1.807) is 19.2 Å². The molecular formula is C18H19ClN2O5. The van der Waals surface area contributed by atoms with Crippen molar-refractivity contribution >= 4 is 29.6 Å². The Morgan fingerprint density at radius 2 is 2.15 bits per heavy atom. The highest BCUT2D eigenvalue weighted by Gasteiger charge is 2.20. The smallest absolute Gasteiger partial charge is 0.331 e. The van der Waals surface area contributed by atoms with Crippen LogP contribution in [0.25, 0.3) is 6.08 Å². The van der Waals surface area contributed by atoms with Crippen LogP contribution in [-0.4, -0.2) is 49.7 Å². The SMILES string of the molecule is C[C@H](OC(=O)/C=C/c1cc(Cl)c2c(c1)OCCO2)C(=O)N(C)CCC#N. The molecule has 138 valence electrons. The van der Waals surface area contributed by atoms with Gasteiger partial charge in [0, 0.05) is 19.7 Å². The first-order chi connectivity index (χ1) is 12.4. The predicted octanol–water partition coefficient (Wildman–Crippen LogP) is 2.43. The molecule has 0 saturated carbocycles. The minimum Gasteiger partial charge on any atom is -0.486 e. The molecule has 0 N–H and O–H groups in total. The summed E-state index contributed by atoms with van der Waals surface area (Å²) in [5, 5.41) is 8.93. The lowest BCUT2D eigenvalue weighted by Crippen LogP contribution is -2.37. The zero-order valence-corrected chi connectivity index (χ0v) is 15.3.